The van der Waals surface area contributed by atoms with Crippen molar-refractivity contribution in [2.24, 2.45) is 0 Å². The molecule has 0 aliphatic carbocycles. The lowest BCUT2D eigenvalue weighted by atomic mass is 10.2. The highest BCUT2D eigenvalue weighted by atomic mass is 35.5. The van der Waals surface area contributed by atoms with E-state index < -0.39 is 5.60 Å². The molecular weight excluding hydrogens is 325 g/mol. The lowest BCUT2D eigenvalue weighted by molar-refractivity contribution is 0.0240. The van der Waals surface area contributed by atoms with Crippen LogP contribution in [-0.2, 0) is 4.74 Å². The summed E-state index contributed by atoms with van der Waals surface area (Å²) in [7, 11) is 0. The number of benzene rings is 1. The second kappa shape index (κ2) is 8.34. The molecule has 1 amide bonds. The van der Waals surface area contributed by atoms with Gasteiger partial charge in [0, 0.05) is 37.6 Å². The van der Waals surface area contributed by atoms with Crippen LogP contribution in [0.4, 0.5) is 16.2 Å². The first-order valence-corrected chi connectivity index (χ1v) is 6.93. The van der Waals surface area contributed by atoms with Crippen LogP contribution in [0.15, 0.2) is 24.3 Å². The standard InChI is InChI=1S/C15H23N3O2.2ClH/c1-15(2,3)20-14(19)18-10-8-17(9-11-18)13-6-4-12(16)5-7-13;;/h4-7H,8-11,16H2,1-3H3;2*1H. The minimum Gasteiger partial charge on any atom is -0.444 e. The quantitative estimate of drug-likeness (QED) is 0.791. The first kappa shape index (κ1) is 20.7. The molecule has 1 saturated heterocycles. The van der Waals surface area contributed by atoms with E-state index in [1.54, 1.807) is 4.90 Å². The van der Waals surface area contributed by atoms with Crippen molar-refractivity contribution in [1.29, 1.82) is 0 Å². The molecule has 0 bridgehead atoms. The highest BCUT2D eigenvalue weighted by Crippen LogP contribution is 2.19. The summed E-state index contributed by atoms with van der Waals surface area (Å²) < 4.78 is 5.39. The van der Waals surface area contributed by atoms with Crippen LogP contribution in [0.5, 0.6) is 0 Å². The summed E-state index contributed by atoms with van der Waals surface area (Å²) in [6.45, 7) is 8.63. The molecule has 0 saturated carbocycles. The van der Waals surface area contributed by atoms with E-state index in [2.05, 4.69) is 4.90 Å². The van der Waals surface area contributed by atoms with Gasteiger partial charge in [0.05, 0.1) is 0 Å². The van der Waals surface area contributed by atoms with E-state index in [9.17, 15) is 4.79 Å². The van der Waals surface area contributed by atoms with Gasteiger partial charge in [-0.15, -0.1) is 24.8 Å². The van der Waals surface area contributed by atoms with E-state index in [0.717, 1.165) is 24.5 Å². The SMILES string of the molecule is CC(C)(C)OC(=O)N1CCN(c2ccc(N)cc2)CC1.Cl.Cl. The molecule has 1 aromatic rings. The maximum absolute atomic E-state index is 12.0. The van der Waals surface area contributed by atoms with Gasteiger partial charge in [0.2, 0.25) is 0 Å². The number of hydrogen-bond donors (Lipinski definition) is 1. The highest BCUT2D eigenvalue weighted by Gasteiger charge is 2.25. The molecule has 126 valence electrons. The van der Waals surface area contributed by atoms with E-state index in [-0.39, 0.29) is 30.9 Å². The Labute approximate surface area is 144 Å². The van der Waals surface area contributed by atoms with Crippen LogP contribution in [0.2, 0.25) is 0 Å². The van der Waals surface area contributed by atoms with Gasteiger partial charge in [0.15, 0.2) is 0 Å². The fourth-order valence-electron chi connectivity index (χ4n) is 2.16. The predicted molar refractivity (Wildman–Crippen MR) is 95.4 cm³/mol. The lowest BCUT2D eigenvalue weighted by Gasteiger charge is -2.36. The number of amides is 1. The van der Waals surface area contributed by atoms with Crippen molar-refractivity contribution in [2.45, 2.75) is 26.4 Å². The van der Waals surface area contributed by atoms with Crippen LogP contribution < -0.4 is 10.6 Å². The molecule has 2 rings (SSSR count). The Morgan fingerprint density at radius 3 is 2.00 bits per heavy atom. The first-order valence-electron chi connectivity index (χ1n) is 6.93. The van der Waals surface area contributed by atoms with E-state index in [4.69, 9.17) is 10.5 Å². The maximum atomic E-state index is 12.0. The largest absolute Gasteiger partial charge is 0.444 e. The smallest absolute Gasteiger partial charge is 0.410 e. The molecule has 5 nitrogen and oxygen atoms in total. The van der Waals surface area contributed by atoms with Crippen molar-refractivity contribution in [1.82, 2.24) is 4.90 Å². The third-order valence-corrected chi connectivity index (χ3v) is 3.19. The highest BCUT2D eigenvalue weighted by molar-refractivity contribution is 5.85. The molecule has 1 aliphatic heterocycles. The van der Waals surface area contributed by atoms with Crippen molar-refractivity contribution < 1.29 is 9.53 Å². The Balaban J connectivity index is 0.00000220. The van der Waals surface area contributed by atoms with E-state index >= 15 is 0 Å². The van der Waals surface area contributed by atoms with Crippen molar-refractivity contribution in [3.63, 3.8) is 0 Å². The molecule has 2 N–H and O–H groups in total. The number of nitrogen functional groups attached to an aromatic ring is 1. The average Bonchev–Trinajstić information content (AvgIpc) is 2.38. The third kappa shape index (κ3) is 5.81. The summed E-state index contributed by atoms with van der Waals surface area (Å²) in [5.74, 6) is 0. The molecule has 1 heterocycles. The zero-order chi connectivity index (χ0) is 14.8. The van der Waals surface area contributed by atoms with Crippen LogP contribution in [0.1, 0.15) is 20.8 Å². The van der Waals surface area contributed by atoms with Gasteiger partial charge in [-0.05, 0) is 45.0 Å². The molecule has 22 heavy (non-hydrogen) atoms. The van der Waals surface area contributed by atoms with Crippen LogP contribution in [0.3, 0.4) is 0 Å². The lowest BCUT2D eigenvalue weighted by Crippen LogP contribution is -2.50. The van der Waals surface area contributed by atoms with Gasteiger partial charge >= 0.3 is 6.09 Å². The van der Waals surface area contributed by atoms with Crippen molar-refractivity contribution >= 4 is 42.3 Å². The van der Waals surface area contributed by atoms with Gasteiger partial charge in [0.25, 0.3) is 0 Å². The summed E-state index contributed by atoms with van der Waals surface area (Å²) in [5, 5.41) is 0. The normalized spacial score (nSPS) is 14.7. The predicted octanol–water partition coefficient (Wildman–Crippen LogP) is 3.17. The third-order valence-electron chi connectivity index (χ3n) is 3.19. The number of piperazine rings is 1. The summed E-state index contributed by atoms with van der Waals surface area (Å²) in [6.07, 6.45) is -0.227. The average molecular weight is 350 g/mol. The topological polar surface area (TPSA) is 58.8 Å². The number of ether oxygens (including phenoxy) is 1. The zero-order valence-electron chi connectivity index (χ0n) is 13.2. The summed E-state index contributed by atoms with van der Waals surface area (Å²) in [4.78, 5) is 16.0. The van der Waals surface area contributed by atoms with Gasteiger partial charge in [-0.25, -0.2) is 4.79 Å². The van der Waals surface area contributed by atoms with Crippen molar-refractivity contribution in [2.75, 3.05) is 36.8 Å². The van der Waals surface area contributed by atoms with Crippen LogP contribution in [-0.4, -0.2) is 42.8 Å². The van der Waals surface area contributed by atoms with Gasteiger partial charge in [-0.3, -0.25) is 0 Å². The molecule has 7 heteroatoms. The van der Waals surface area contributed by atoms with E-state index in [1.807, 2.05) is 45.0 Å². The fourth-order valence-corrected chi connectivity index (χ4v) is 2.16. The van der Waals surface area contributed by atoms with Crippen molar-refractivity contribution in [3.05, 3.63) is 24.3 Å². The maximum Gasteiger partial charge on any atom is 0.410 e. The number of carbonyl (C=O) groups is 1. The molecule has 0 unspecified atom stereocenters. The number of nitrogens with two attached hydrogens (primary N) is 1. The first-order chi connectivity index (χ1) is 9.35. The molecule has 0 atom stereocenters. The molecule has 1 aromatic carbocycles. The number of nitrogens with zero attached hydrogens (tertiary/aromatic N) is 2. The summed E-state index contributed by atoms with van der Waals surface area (Å²) in [6, 6.07) is 7.82. The van der Waals surface area contributed by atoms with Gasteiger partial charge in [-0.2, -0.15) is 0 Å². The Hall–Kier alpha value is -1.33. The minimum atomic E-state index is -0.439. The molecule has 0 aromatic heterocycles. The molecule has 0 radical (unpaired) electrons. The second-order valence-corrected chi connectivity index (χ2v) is 6.05. The number of halogens is 2. The molecule has 1 aliphatic rings. The van der Waals surface area contributed by atoms with Gasteiger partial charge < -0.3 is 20.3 Å². The number of carbonyl (C=O) groups excluding carboxylic acids is 1. The zero-order valence-corrected chi connectivity index (χ0v) is 14.9. The van der Waals surface area contributed by atoms with Crippen molar-refractivity contribution in [3.8, 4) is 0 Å². The van der Waals surface area contributed by atoms with Gasteiger partial charge in [-0.1, -0.05) is 0 Å². The Kier molecular flexibility index (Phi) is 7.84. The Morgan fingerprint density at radius 1 is 1.05 bits per heavy atom. The number of hydrogen-bond acceptors (Lipinski definition) is 4. The van der Waals surface area contributed by atoms with Crippen LogP contribution >= 0.6 is 24.8 Å². The Bertz CT molecular complexity index is 467. The van der Waals surface area contributed by atoms with Gasteiger partial charge in [0.1, 0.15) is 5.60 Å². The molecule has 0 spiro atoms. The molecule has 1 fully saturated rings. The van der Waals surface area contributed by atoms with Crippen LogP contribution in [0.25, 0.3) is 0 Å². The van der Waals surface area contributed by atoms with E-state index in [1.165, 1.54) is 0 Å². The summed E-state index contributed by atoms with van der Waals surface area (Å²) in [5.41, 5.74) is 7.16. The van der Waals surface area contributed by atoms with E-state index in [0.29, 0.717) is 13.1 Å². The summed E-state index contributed by atoms with van der Waals surface area (Å²) >= 11 is 0. The number of anilines is 2. The minimum absolute atomic E-state index is 0. The Morgan fingerprint density at radius 2 is 1.55 bits per heavy atom. The van der Waals surface area contributed by atoms with Crippen LogP contribution in [0, 0.1) is 0 Å². The second-order valence-electron chi connectivity index (χ2n) is 6.05. The molecular formula is C15H25Cl2N3O2. The monoisotopic (exact) mass is 349 g/mol. The number of rotatable bonds is 1. The fraction of sp³-hybridized carbons (Fsp3) is 0.533.